The lowest BCUT2D eigenvalue weighted by atomic mass is 9.81. The predicted molar refractivity (Wildman–Crippen MR) is 151 cm³/mol. The molecule has 2 aromatic rings. The van der Waals surface area contributed by atoms with Crippen LogP contribution in [-0.4, -0.2) is 49.0 Å². The first-order valence-electron chi connectivity index (χ1n) is 12.8. The summed E-state index contributed by atoms with van der Waals surface area (Å²) in [5, 5.41) is 11.6. The van der Waals surface area contributed by atoms with Gasteiger partial charge >= 0.3 is 5.97 Å². The number of hydrogen-bond acceptors (Lipinski definition) is 6. The second-order valence-electron chi connectivity index (χ2n) is 10.4. The fraction of sp³-hybridized carbons (Fsp3) is 0.429. The van der Waals surface area contributed by atoms with Gasteiger partial charge in [-0.05, 0) is 67.6 Å². The zero-order chi connectivity index (χ0) is 27.4. The molecule has 3 aliphatic rings. The highest BCUT2D eigenvalue weighted by Crippen LogP contribution is 2.56. The van der Waals surface area contributed by atoms with Crippen molar-refractivity contribution in [3.63, 3.8) is 0 Å². The Bertz CT molecular complexity index is 1330. The van der Waals surface area contributed by atoms with Gasteiger partial charge in [-0.2, -0.15) is 0 Å². The molecule has 200 valence electrons. The molecule has 1 amide bonds. The maximum absolute atomic E-state index is 14.1. The van der Waals surface area contributed by atoms with E-state index in [1.165, 1.54) is 11.8 Å². The first kappa shape index (κ1) is 27.0. The van der Waals surface area contributed by atoms with Gasteiger partial charge in [0.05, 0.1) is 6.04 Å². The number of carbonyl (C=O) groups excluding carboxylic acids is 1. The maximum Gasteiger partial charge on any atom is 0.326 e. The Hall–Kier alpha value is -2.55. The summed E-state index contributed by atoms with van der Waals surface area (Å²) in [6.45, 7) is 8.18. The number of amides is 1. The first-order valence-corrected chi connectivity index (χ1v) is 14.4. The number of fused-ring (bicyclic) bond motifs is 1. The molecule has 0 saturated carbocycles. The van der Waals surface area contributed by atoms with Crippen LogP contribution in [0.25, 0.3) is 0 Å². The number of amidine groups is 1. The van der Waals surface area contributed by atoms with E-state index in [9.17, 15) is 14.7 Å². The monoisotopic (exact) mass is 572 g/mol. The van der Waals surface area contributed by atoms with Crippen LogP contribution in [0.15, 0.2) is 58.2 Å². The molecule has 0 aliphatic carbocycles. The van der Waals surface area contributed by atoms with E-state index >= 15 is 0 Å². The van der Waals surface area contributed by atoms with E-state index in [1.54, 1.807) is 17.2 Å². The molecule has 38 heavy (non-hydrogen) atoms. The third kappa shape index (κ3) is 4.40. The van der Waals surface area contributed by atoms with Crippen molar-refractivity contribution in [2.24, 2.45) is 10.9 Å². The fourth-order valence-corrected chi connectivity index (χ4v) is 7.49. The number of hydrogen-bond donors (Lipinski definition) is 1. The topological polar surface area (TPSA) is 86.1 Å². The number of benzene rings is 1. The van der Waals surface area contributed by atoms with E-state index in [4.69, 9.17) is 28.2 Å². The molecule has 1 saturated heterocycles. The predicted octanol–water partition coefficient (Wildman–Crippen LogP) is 6.49. The summed E-state index contributed by atoms with van der Waals surface area (Å²) in [4.78, 5) is 40.0. The van der Waals surface area contributed by atoms with E-state index in [2.05, 4.69) is 30.7 Å². The number of likely N-dealkylation sites (tertiary alicyclic amines) is 1. The van der Waals surface area contributed by atoms with Crippen molar-refractivity contribution in [1.82, 2.24) is 14.8 Å². The van der Waals surface area contributed by atoms with Crippen LogP contribution >= 0.6 is 35.0 Å². The molecule has 0 bridgehead atoms. The molecule has 0 spiro atoms. The van der Waals surface area contributed by atoms with Crippen molar-refractivity contribution in [2.75, 3.05) is 0 Å². The summed E-state index contributed by atoms with van der Waals surface area (Å²) in [7, 11) is 0. The number of aromatic nitrogens is 1. The highest BCUT2D eigenvalue weighted by molar-refractivity contribution is 8.18. The minimum absolute atomic E-state index is 0.0133. The van der Waals surface area contributed by atoms with Crippen molar-refractivity contribution in [3.05, 3.63) is 74.5 Å². The molecule has 1 fully saturated rings. The Morgan fingerprint density at radius 3 is 2.45 bits per heavy atom. The Morgan fingerprint density at radius 2 is 1.87 bits per heavy atom. The van der Waals surface area contributed by atoms with E-state index < -0.39 is 17.6 Å². The largest absolute Gasteiger partial charge is 0.480 e. The normalized spacial score (nSPS) is 26.8. The second kappa shape index (κ2) is 10.2. The number of rotatable bonds is 6. The number of pyridine rings is 1. The summed E-state index contributed by atoms with van der Waals surface area (Å²) in [6.07, 6.45) is 3.62. The number of carboxylic acids is 1. The number of aliphatic carboxylic acids is 1. The molecular formula is C28H30Cl2N4O3S. The number of carboxylic acid groups (broad SMARTS) is 1. The lowest BCUT2D eigenvalue weighted by Gasteiger charge is -2.37. The van der Waals surface area contributed by atoms with Crippen LogP contribution in [0.4, 0.5) is 0 Å². The molecule has 4 heterocycles. The number of allylic oxidation sites excluding steroid dienone is 1. The number of halogens is 2. The minimum Gasteiger partial charge on any atom is -0.480 e. The fourth-order valence-electron chi connectivity index (χ4n) is 5.90. The van der Waals surface area contributed by atoms with Gasteiger partial charge in [0.1, 0.15) is 21.6 Å². The van der Waals surface area contributed by atoms with Crippen LogP contribution in [0.5, 0.6) is 0 Å². The van der Waals surface area contributed by atoms with Crippen LogP contribution in [0, 0.1) is 5.92 Å². The van der Waals surface area contributed by atoms with Crippen molar-refractivity contribution in [3.8, 4) is 0 Å². The number of nitrogens with zero attached hydrogens (tertiary/aromatic N) is 4. The Labute approximate surface area is 236 Å². The van der Waals surface area contributed by atoms with Crippen molar-refractivity contribution in [2.45, 2.75) is 70.6 Å². The van der Waals surface area contributed by atoms with Gasteiger partial charge < -0.3 is 14.9 Å². The van der Waals surface area contributed by atoms with Crippen molar-refractivity contribution < 1.29 is 14.7 Å². The molecular weight excluding hydrogens is 543 g/mol. The molecule has 5 rings (SSSR count). The van der Waals surface area contributed by atoms with Crippen molar-refractivity contribution in [1.29, 1.82) is 0 Å². The standard InChI is InChI=1S/C28H30Cl2N4O3S/c1-5-19-11-12-20(26(36)37)33(19)25(35)23-22(15(2)3)34-24(16-6-9-18(29)10-7-16)28(4,32-27(34)38-23)17-8-13-21(30)31-14-17/h6-10,13-15,19-20,24H,5,11-12H2,1-4H3,(H,36,37)/t19-,20+,24-,28+/m1/s1. The Morgan fingerprint density at radius 1 is 1.16 bits per heavy atom. The first-order chi connectivity index (χ1) is 18.1. The Kier molecular flexibility index (Phi) is 7.26. The summed E-state index contributed by atoms with van der Waals surface area (Å²) < 4.78 is 0. The lowest BCUT2D eigenvalue weighted by molar-refractivity contribution is -0.148. The molecule has 1 aromatic carbocycles. The molecule has 0 unspecified atom stereocenters. The zero-order valence-electron chi connectivity index (χ0n) is 21.7. The molecule has 1 aromatic heterocycles. The van der Waals surface area contributed by atoms with Gasteiger partial charge in [0.25, 0.3) is 5.91 Å². The number of aliphatic imine (C=N–C) groups is 1. The second-order valence-corrected chi connectivity index (χ2v) is 12.2. The summed E-state index contributed by atoms with van der Waals surface area (Å²) in [6, 6.07) is 10.2. The molecule has 3 aliphatic heterocycles. The summed E-state index contributed by atoms with van der Waals surface area (Å²) >= 11 is 13.7. The van der Waals surface area contributed by atoms with Crippen LogP contribution in [0.2, 0.25) is 10.2 Å². The smallest absolute Gasteiger partial charge is 0.326 e. The van der Waals surface area contributed by atoms with E-state index in [0.717, 1.165) is 16.8 Å². The molecule has 0 radical (unpaired) electrons. The van der Waals surface area contributed by atoms with Gasteiger partial charge in [-0.1, -0.05) is 62.2 Å². The SMILES string of the molecule is CC[C@@H]1CC[C@@H](C(=O)O)N1C(=O)C1=C(C(C)C)N2C(=N[C@@](C)(c3ccc(Cl)nc3)[C@H]2c2ccc(Cl)cc2)S1. The van der Waals surface area contributed by atoms with Gasteiger partial charge in [0.2, 0.25) is 0 Å². The van der Waals surface area contributed by atoms with E-state index in [0.29, 0.717) is 39.5 Å². The minimum atomic E-state index is -0.955. The third-order valence-corrected chi connectivity index (χ3v) is 9.28. The average molecular weight is 574 g/mol. The van der Waals surface area contributed by atoms with Gasteiger partial charge in [-0.3, -0.25) is 4.79 Å². The van der Waals surface area contributed by atoms with Gasteiger partial charge in [0.15, 0.2) is 5.17 Å². The van der Waals surface area contributed by atoms with Gasteiger partial charge in [-0.25, -0.2) is 14.8 Å². The van der Waals surface area contributed by atoms with Gasteiger partial charge in [-0.15, -0.1) is 0 Å². The number of thioether (sulfide) groups is 1. The van der Waals surface area contributed by atoms with Crippen molar-refractivity contribution >= 4 is 52.0 Å². The number of carbonyl (C=O) groups is 2. The third-order valence-electron chi connectivity index (χ3n) is 7.74. The van der Waals surface area contributed by atoms with Crippen LogP contribution in [0.3, 0.4) is 0 Å². The highest BCUT2D eigenvalue weighted by atomic mass is 35.5. The zero-order valence-corrected chi connectivity index (χ0v) is 24.0. The maximum atomic E-state index is 14.1. The van der Waals surface area contributed by atoms with Crippen LogP contribution in [-0.2, 0) is 15.1 Å². The summed E-state index contributed by atoms with van der Waals surface area (Å²) in [5.74, 6) is -1.19. The highest BCUT2D eigenvalue weighted by Gasteiger charge is 2.54. The van der Waals surface area contributed by atoms with Crippen LogP contribution in [0.1, 0.15) is 64.1 Å². The quantitative estimate of drug-likeness (QED) is 0.398. The Balaban J connectivity index is 1.64. The molecule has 7 nitrogen and oxygen atoms in total. The molecule has 1 N–H and O–H groups in total. The summed E-state index contributed by atoms with van der Waals surface area (Å²) in [5.41, 5.74) is 2.03. The molecule has 4 atom stereocenters. The van der Waals surface area contributed by atoms with Crippen LogP contribution < -0.4 is 0 Å². The van der Waals surface area contributed by atoms with E-state index in [1.807, 2.05) is 37.3 Å². The lowest BCUT2D eigenvalue weighted by Crippen LogP contribution is -2.45. The van der Waals surface area contributed by atoms with Gasteiger partial charge in [0, 0.05) is 28.5 Å². The molecule has 10 heteroatoms. The average Bonchev–Trinajstić information content (AvgIpc) is 3.54. The van der Waals surface area contributed by atoms with E-state index in [-0.39, 0.29) is 23.9 Å².